The first-order chi connectivity index (χ1) is 8.31. The lowest BCUT2D eigenvalue weighted by atomic mass is 10.2. The Kier molecular flexibility index (Phi) is 3.09. The van der Waals surface area contributed by atoms with Crippen molar-refractivity contribution in [1.29, 1.82) is 0 Å². The topological polar surface area (TPSA) is 36.4 Å². The average molecular weight is 252 g/mol. The number of aromatic nitrogens is 1. The van der Waals surface area contributed by atoms with Crippen molar-refractivity contribution in [2.45, 2.75) is 45.1 Å². The lowest BCUT2D eigenvalue weighted by molar-refractivity contribution is 0.284. The second-order valence-corrected chi connectivity index (χ2v) is 6.28. The van der Waals surface area contributed by atoms with Gasteiger partial charge in [0.1, 0.15) is 0 Å². The van der Waals surface area contributed by atoms with Gasteiger partial charge in [-0.1, -0.05) is 11.3 Å². The van der Waals surface area contributed by atoms with Crippen LogP contribution in [0.25, 0.3) is 0 Å². The van der Waals surface area contributed by atoms with Gasteiger partial charge in [0.05, 0.1) is 17.2 Å². The molecule has 2 aliphatic rings. The van der Waals surface area contributed by atoms with Crippen LogP contribution in [0.5, 0.6) is 0 Å². The fraction of sp³-hybridized carbons (Fsp3) is 0.769. The van der Waals surface area contributed by atoms with Crippen molar-refractivity contribution in [2.24, 2.45) is 5.92 Å². The minimum Gasteiger partial charge on any atom is -0.391 e. The van der Waals surface area contributed by atoms with Gasteiger partial charge in [0.25, 0.3) is 0 Å². The highest BCUT2D eigenvalue weighted by Gasteiger charge is 2.31. The number of aliphatic hydroxyl groups is 1. The van der Waals surface area contributed by atoms with E-state index >= 15 is 0 Å². The van der Waals surface area contributed by atoms with E-state index in [0.717, 1.165) is 29.0 Å². The Hall–Kier alpha value is -0.610. The Labute approximate surface area is 106 Å². The molecule has 0 atom stereocenters. The molecule has 1 aromatic heterocycles. The van der Waals surface area contributed by atoms with E-state index in [-0.39, 0.29) is 6.61 Å². The SMILES string of the molecule is CCN(CC1CC1)c1nc(C2CC2)c(CO)s1. The van der Waals surface area contributed by atoms with Gasteiger partial charge in [0, 0.05) is 19.0 Å². The predicted octanol–water partition coefficient (Wildman–Crippen LogP) is 2.75. The summed E-state index contributed by atoms with van der Waals surface area (Å²) < 4.78 is 0. The lowest BCUT2D eigenvalue weighted by Gasteiger charge is -2.19. The summed E-state index contributed by atoms with van der Waals surface area (Å²) in [5, 5.41) is 10.5. The highest BCUT2D eigenvalue weighted by molar-refractivity contribution is 7.15. The number of hydrogen-bond acceptors (Lipinski definition) is 4. The molecule has 1 heterocycles. The average Bonchev–Trinajstić information content (AvgIpc) is 3.25. The van der Waals surface area contributed by atoms with Crippen LogP contribution >= 0.6 is 11.3 Å². The molecule has 2 saturated carbocycles. The zero-order valence-electron chi connectivity index (χ0n) is 10.4. The standard InChI is InChI=1S/C13H20N2OS/c1-2-15(7-9-3-4-9)13-14-12(10-5-6-10)11(8-16)17-13/h9-10,16H,2-8H2,1H3. The summed E-state index contributed by atoms with van der Waals surface area (Å²) in [7, 11) is 0. The van der Waals surface area contributed by atoms with Crippen molar-refractivity contribution in [3.63, 3.8) is 0 Å². The van der Waals surface area contributed by atoms with Gasteiger partial charge in [0.2, 0.25) is 0 Å². The van der Waals surface area contributed by atoms with Crippen LogP contribution < -0.4 is 4.90 Å². The van der Waals surface area contributed by atoms with Gasteiger partial charge in [-0.3, -0.25) is 0 Å². The number of nitrogens with zero attached hydrogens (tertiary/aromatic N) is 2. The molecule has 3 nitrogen and oxygen atoms in total. The molecule has 0 aromatic carbocycles. The normalized spacial score (nSPS) is 19.6. The monoisotopic (exact) mass is 252 g/mol. The van der Waals surface area contributed by atoms with Gasteiger partial charge in [0.15, 0.2) is 5.13 Å². The van der Waals surface area contributed by atoms with Crippen LogP contribution in [-0.4, -0.2) is 23.2 Å². The molecule has 0 amide bonds. The molecule has 0 unspecified atom stereocenters. The Morgan fingerprint density at radius 1 is 1.35 bits per heavy atom. The quantitative estimate of drug-likeness (QED) is 0.845. The Balaban J connectivity index is 1.79. The minimum absolute atomic E-state index is 0.157. The Morgan fingerprint density at radius 3 is 2.65 bits per heavy atom. The molecule has 1 aromatic rings. The second-order valence-electron chi connectivity index (χ2n) is 5.22. The highest BCUT2D eigenvalue weighted by atomic mass is 32.1. The van der Waals surface area contributed by atoms with Gasteiger partial charge in [-0.05, 0) is 38.5 Å². The van der Waals surface area contributed by atoms with Crippen molar-refractivity contribution in [2.75, 3.05) is 18.0 Å². The summed E-state index contributed by atoms with van der Waals surface area (Å²) in [6, 6.07) is 0. The molecular formula is C13H20N2OS. The maximum Gasteiger partial charge on any atom is 0.185 e. The maximum absolute atomic E-state index is 9.41. The van der Waals surface area contributed by atoms with Crippen LogP contribution in [0.4, 0.5) is 5.13 Å². The van der Waals surface area contributed by atoms with Gasteiger partial charge in [-0.15, -0.1) is 0 Å². The highest BCUT2D eigenvalue weighted by Crippen LogP contribution is 2.44. The van der Waals surface area contributed by atoms with Crippen LogP contribution in [-0.2, 0) is 6.61 Å². The van der Waals surface area contributed by atoms with Crippen molar-refractivity contribution in [3.8, 4) is 0 Å². The zero-order valence-corrected chi connectivity index (χ0v) is 11.2. The van der Waals surface area contributed by atoms with E-state index in [1.807, 2.05) is 0 Å². The third kappa shape index (κ3) is 2.47. The molecule has 2 aliphatic carbocycles. The van der Waals surface area contributed by atoms with Crippen LogP contribution in [0.15, 0.2) is 0 Å². The van der Waals surface area contributed by atoms with E-state index in [9.17, 15) is 5.11 Å². The molecule has 0 radical (unpaired) electrons. The van der Waals surface area contributed by atoms with Gasteiger partial charge in [-0.2, -0.15) is 0 Å². The molecule has 3 rings (SSSR count). The third-order valence-corrected chi connectivity index (χ3v) is 4.77. The van der Waals surface area contributed by atoms with E-state index in [1.165, 1.54) is 31.4 Å². The van der Waals surface area contributed by atoms with Gasteiger partial charge >= 0.3 is 0 Å². The van der Waals surface area contributed by atoms with E-state index in [0.29, 0.717) is 5.92 Å². The van der Waals surface area contributed by atoms with Crippen molar-refractivity contribution >= 4 is 16.5 Å². The second kappa shape index (κ2) is 4.58. The van der Waals surface area contributed by atoms with Crippen molar-refractivity contribution in [1.82, 2.24) is 4.98 Å². The van der Waals surface area contributed by atoms with Gasteiger partial charge < -0.3 is 10.0 Å². The molecule has 0 spiro atoms. The molecule has 94 valence electrons. The first-order valence-corrected chi connectivity index (χ1v) is 7.48. The molecule has 17 heavy (non-hydrogen) atoms. The fourth-order valence-corrected chi connectivity index (χ4v) is 3.31. The Morgan fingerprint density at radius 2 is 2.12 bits per heavy atom. The largest absolute Gasteiger partial charge is 0.391 e. The summed E-state index contributed by atoms with van der Waals surface area (Å²) in [6.07, 6.45) is 5.27. The van der Waals surface area contributed by atoms with E-state index in [2.05, 4.69) is 11.8 Å². The Bertz CT molecular complexity index is 396. The summed E-state index contributed by atoms with van der Waals surface area (Å²) >= 11 is 1.70. The molecule has 4 heteroatoms. The number of hydrogen-bond donors (Lipinski definition) is 1. The smallest absolute Gasteiger partial charge is 0.185 e. The van der Waals surface area contributed by atoms with Crippen molar-refractivity contribution < 1.29 is 5.11 Å². The molecule has 1 N–H and O–H groups in total. The predicted molar refractivity (Wildman–Crippen MR) is 70.6 cm³/mol. The minimum atomic E-state index is 0.157. The van der Waals surface area contributed by atoms with Crippen LogP contribution in [0.2, 0.25) is 0 Å². The molecule has 0 saturated heterocycles. The molecule has 2 fully saturated rings. The summed E-state index contributed by atoms with van der Waals surface area (Å²) in [4.78, 5) is 8.26. The maximum atomic E-state index is 9.41. The number of thiazole rings is 1. The van der Waals surface area contributed by atoms with E-state index in [1.54, 1.807) is 11.3 Å². The zero-order chi connectivity index (χ0) is 11.8. The summed E-state index contributed by atoms with van der Waals surface area (Å²) in [5.74, 6) is 1.53. The van der Waals surface area contributed by atoms with Crippen LogP contribution in [0, 0.1) is 5.92 Å². The van der Waals surface area contributed by atoms with Crippen LogP contribution in [0.3, 0.4) is 0 Å². The summed E-state index contributed by atoms with van der Waals surface area (Å²) in [6.45, 7) is 4.53. The third-order valence-electron chi connectivity index (χ3n) is 3.65. The van der Waals surface area contributed by atoms with Crippen LogP contribution in [0.1, 0.15) is 49.1 Å². The first-order valence-electron chi connectivity index (χ1n) is 6.67. The molecule has 0 aliphatic heterocycles. The van der Waals surface area contributed by atoms with Gasteiger partial charge in [-0.25, -0.2) is 4.98 Å². The van der Waals surface area contributed by atoms with E-state index in [4.69, 9.17) is 4.98 Å². The lowest BCUT2D eigenvalue weighted by Crippen LogP contribution is -2.24. The molecule has 0 bridgehead atoms. The van der Waals surface area contributed by atoms with Crippen molar-refractivity contribution in [3.05, 3.63) is 10.6 Å². The molecular weight excluding hydrogens is 232 g/mol. The fourth-order valence-electron chi connectivity index (χ4n) is 2.23. The van der Waals surface area contributed by atoms with E-state index < -0.39 is 0 Å². The number of aliphatic hydroxyl groups excluding tert-OH is 1. The first kappa shape index (κ1) is 11.5. The summed E-state index contributed by atoms with van der Waals surface area (Å²) in [5.41, 5.74) is 1.18. The number of anilines is 1. The number of rotatable bonds is 6.